The molecule has 25 heavy (non-hydrogen) atoms. The fraction of sp³-hybridized carbons (Fsp3) is 0.438. The van der Waals surface area contributed by atoms with Crippen LogP contribution in [-0.2, 0) is 9.84 Å². The van der Waals surface area contributed by atoms with Crippen LogP contribution < -0.4 is 10.6 Å². The first-order chi connectivity index (χ1) is 11.9. The molecule has 0 bridgehead atoms. The van der Waals surface area contributed by atoms with E-state index in [1.807, 2.05) is 12.1 Å². The molecule has 0 unspecified atom stereocenters. The number of sulfone groups is 1. The highest BCUT2D eigenvalue weighted by Crippen LogP contribution is 2.24. The Morgan fingerprint density at radius 1 is 1.24 bits per heavy atom. The smallest absolute Gasteiger partial charge is 0.319 e. The maximum atomic E-state index is 12.2. The van der Waals surface area contributed by atoms with Gasteiger partial charge in [-0.25, -0.2) is 17.9 Å². The Kier molecular flexibility index (Phi) is 5.03. The van der Waals surface area contributed by atoms with Crippen molar-refractivity contribution in [3.63, 3.8) is 0 Å². The van der Waals surface area contributed by atoms with Crippen molar-refractivity contribution < 1.29 is 13.2 Å². The van der Waals surface area contributed by atoms with Crippen LogP contribution >= 0.6 is 0 Å². The molecule has 3 rings (SSSR count). The Bertz CT molecular complexity index is 827. The molecule has 1 saturated carbocycles. The Balaban J connectivity index is 1.54. The summed E-state index contributed by atoms with van der Waals surface area (Å²) in [6.45, 7) is 0. The Morgan fingerprint density at radius 2 is 2.00 bits per heavy atom. The van der Waals surface area contributed by atoms with Crippen molar-refractivity contribution in [2.45, 2.75) is 37.0 Å². The number of amides is 2. The van der Waals surface area contributed by atoms with Crippen molar-refractivity contribution in [2.75, 3.05) is 11.6 Å². The third-order valence-corrected chi connectivity index (χ3v) is 6.09. The quantitative estimate of drug-likeness (QED) is 0.861. The van der Waals surface area contributed by atoms with Crippen LogP contribution in [0.15, 0.2) is 36.7 Å². The second-order valence-corrected chi connectivity index (χ2v) is 8.63. The summed E-state index contributed by atoms with van der Waals surface area (Å²) in [6.07, 6.45) is 7.10. The van der Waals surface area contributed by atoms with Gasteiger partial charge in [-0.1, -0.05) is 11.3 Å². The number of hydrogen-bond acceptors (Lipinski definition) is 5. The summed E-state index contributed by atoms with van der Waals surface area (Å²) in [5.41, 5.74) is 1.44. The largest absolute Gasteiger partial charge is 0.335 e. The van der Waals surface area contributed by atoms with Gasteiger partial charge in [0.2, 0.25) is 0 Å². The molecule has 8 nitrogen and oxygen atoms in total. The Labute approximate surface area is 146 Å². The minimum absolute atomic E-state index is 0.00324. The molecule has 1 fully saturated rings. The Hall–Kier alpha value is -2.42. The van der Waals surface area contributed by atoms with Crippen LogP contribution in [-0.4, -0.2) is 47.0 Å². The SMILES string of the molecule is CS(=O)(=O)C1CCC(NC(=O)Nc2cccc(-n3ccnn3)c2)CC1. The molecule has 9 heteroatoms. The lowest BCUT2D eigenvalue weighted by molar-refractivity contribution is 0.244. The molecule has 0 aliphatic heterocycles. The summed E-state index contributed by atoms with van der Waals surface area (Å²) in [5, 5.41) is 13.1. The first-order valence-corrected chi connectivity index (χ1v) is 10.1. The maximum absolute atomic E-state index is 12.2. The van der Waals surface area contributed by atoms with Crippen molar-refractivity contribution in [2.24, 2.45) is 0 Å². The average molecular weight is 363 g/mol. The number of rotatable bonds is 4. The van der Waals surface area contributed by atoms with E-state index in [1.165, 1.54) is 6.26 Å². The van der Waals surface area contributed by atoms with E-state index in [0.717, 1.165) is 5.69 Å². The summed E-state index contributed by atoms with van der Waals surface area (Å²) in [6, 6.07) is 6.99. The van der Waals surface area contributed by atoms with E-state index < -0.39 is 9.84 Å². The molecule has 1 aliphatic rings. The van der Waals surface area contributed by atoms with E-state index in [1.54, 1.807) is 29.2 Å². The summed E-state index contributed by atoms with van der Waals surface area (Å²) < 4.78 is 24.8. The van der Waals surface area contributed by atoms with Gasteiger partial charge in [-0.05, 0) is 43.9 Å². The second-order valence-electron chi connectivity index (χ2n) is 6.30. The number of nitrogens with zero attached hydrogens (tertiary/aromatic N) is 3. The van der Waals surface area contributed by atoms with Crippen molar-refractivity contribution in [3.05, 3.63) is 36.7 Å². The van der Waals surface area contributed by atoms with Gasteiger partial charge in [0.25, 0.3) is 0 Å². The molecular weight excluding hydrogens is 342 g/mol. The first kappa shape index (κ1) is 17.4. The number of carbonyl (C=O) groups excluding carboxylic acids is 1. The summed E-state index contributed by atoms with van der Waals surface area (Å²) in [4.78, 5) is 12.2. The first-order valence-electron chi connectivity index (χ1n) is 8.15. The molecule has 1 aromatic carbocycles. The third kappa shape index (κ3) is 4.56. The number of carbonyl (C=O) groups is 1. The van der Waals surface area contributed by atoms with Gasteiger partial charge in [0, 0.05) is 18.0 Å². The Morgan fingerprint density at radius 3 is 2.64 bits per heavy atom. The van der Waals surface area contributed by atoms with Crippen LogP contribution in [0.3, 0.4) is 0 Å². The van der Waals surface area contributed by atoms with Crippen LogP contribution in [0.4, 0.5) is 10.5 Å². The number of urea groups is 1. The van der Waals surface area contributed by atoms with Crippen molar-refractivity contribution >= 4 is 21.6 Å². The van der Waals surface area contributed by atoms with Crippen LogP contribution in [0, 0.1) is 0 Å². The van der Waals surface area contributed by atoms with Gasteiger partial charge in [0.05, 0.1) is 23.3 Å². The van der Waals surface area contributed by atoms with Gasteiger partial charge in [0.15, 0.2) is 0 Å². The molecule has 1 aliphatic carbocycles. The van der Waals surface area contributed by atoms with E-state index in [4.69, 9.17) is 0 Å². The van der Waals surface area contributed by atoms with E-state index in [-0.39, 0.29) is 17.3 Å². The molecule has 1 heterocycles. The fourth-order valence-electron chi connectivity index (χ4n) is 3.06. The van der Waals surface area contributed by atoms with Crippen LogP contribution in [0.5, 0.6) is 0 Å². The second kappa shape index (κ2) is 7.22. The topological polar surface area (TPSA) is 106 Å². The summed E-state index contributed by atoms with van der Waals surface area (Å²) in [7, 11) is -2.99. The predicted molar refractivity (Wildman–Crippen MR) is 94.4 cm³/mol. The van der Waals surface area contributed by atoms with Gasteiger partial charge in [-0.2, -0.15) is 0 Å². The van der Waals surface area contributed by atoms with Gasteiger partial charge in [0.1, 0.15) is 9.84 Å². The van der Waals surface area contributed by atoms with Crippen molar-refractivity contribution in [1.29, 1.82) is 0 Å². The predicted octanol–water partition coefficient (Wildman–Crippen LogP) is 1.74. The number of anilines is 1. The highest BCUT2D eigenvalue weighted by Gasteiger charge is 2.28. The summed E-state index contributed by atoms with van der Waals surface area (Å²) >= 11 is 0. The van der Waals surface area contributed by atoms with E-state index in [9.17, 15) is 13.2 Å². The summed E-state index contributed by atoms with van der Waals surface area (Å²) in [5.74, 6) is 0. The van der Waals surface area contributed by atoms with Crippen LogP contribution in [0.1, 0.15) is 25.7 Å². The van der Waals surface area contributed by atoms with Gasteiger partial charge in [-0.15, -0.1) is 5.10 Å². The van der Waals surface area contributed by atoms with Gasteiger partial charge < -0.3 is 10.6 Å². The molecule has 2 N–H and O–H groups in total. The van der Waals surface area contributed by atoms with E-state index in [2.05, 4.69) is 20.9 Å². The lowest BCUT2D eigenvalue weighted by Gasteiger charge is -2.28. The maximum Gasteiger partial charge on any atom is 0.319 e. The number of nitrogens with one attached hydrogen (secondary N) is 2. The zero-order valence-electron chi connectivity index (χ0n) is 13.9. The minimum Gasteiger partial charge on any atom is -0.335 e. The molecule has 2 aromatic rings. The van der Waals surface area contributed by atoms with Crippen molar-refractivity contribution in [3.8, 4) is 5.69 Å². The number of hydrogen-bond donors (Lipinski definition) is 2. The minimum atomic E-state index is -2.99. The average Bonchev–Trinajstić information content (AvgIpc) is 3.09. The van der Waals surface area contributed by atoms with Gasteiger partial charge >= 0.3 is 6.03 Å². The van der Waals surface area contributed by atoms with E-state index >= 15 is 0 Å². The molecule has 134 valence electrons. The van der Waals surface area contributed by atoms with Crippen LogP contribution in [0.25, 0.3) is 5.69 Å². The number of aromatic nitrogens is 3. The lowest BCUT2D eigenvalue weighted by atomic mass is 9.95. The molecule has 2 amide bonds. The zero-order chi connectivity index (χ0) is 17.9. The van der Waals surface area contributed by atoms with E-state index in [0.29, 0.717) is 31.4 Å². The fourth-order valence-corrected chi connectivity index (χ4v) is 4.19. The molecule has 0 spiro atoms. The molecular formula is C16H21N5O3S. The third-order valence-electron chi connectivity index (χ3n) is 4.41. The molecule has 0 radical (unpaired) electrons. The molecule has 1 aromatic heterocycles. The molecule has 0 saturated heterocycles. The monoisotopic (exact) mass is 363 g/mol. The van der Waals surface area contributed by atoms with Crippen LogP contribution in [0.2, 0.25) is 0 Å². The highest BCUT2D eigenvalue weighted by atomic mass is 32.2. The van der Waals surface area contributed by atoms with Gasteiger partial charge in [-0.3, -0.25) is 0 Å². The lowest BCUT2D eigenvalue weighted by Crippen LogP contribution is -2.42. The highest BCUT2D eigenvalue weighted by molar-refractivity contribution is 7.91. The normalized spacial score (nSPS) is 20.8. The van der Waals surface area contributed by atoms with Crippen molar-refractivity contribution in [1.82, 2.24) is 20.3 Å². The standard InChI is InChI=1S/C16H21N5O3S/c1-25(23,24)15-7-5-12(6-8-15)18-16(22)19-13-3-2-4-14(11-13)21-10-9-17-20-21/h2-4,9-12,15H,5-8H2,1H3,(H2,18,19,22). The number of benzene rings is 1. The zero-order valence-corrected chi connectivity index (χ0v) is 14.7. The molecule has 0 atom stereocenters.